The predicted molar refractivity (Wildman–Crippen MR) is 98.3 cm³/mol. The highest BCUT2D eigenvalue weighted by atomic mass is 16.4. The van der Waals surface area contributed by atoms with Crippen molar-refractivity contribution in [1.29, 1.82) is 0 Å². The molecule has 25 heavy (non-hydrogen) atoms. The molecule has 138 valence electrons. The van der Waals surface area contributed by atoms with E-state index in [-0.39, 0.29) is 11.8 Å². The minimum absolute atomic E-state index is 0.120. The molecule has 2 atom stereocenters. The number of hydrogen-bond acceptors (Lipinski definition) is 4. The second-order valence-corrected chi connectivity index (χ2v) is 7.64. The van der Waals surface area contributed by atoms with Crippen LogP contribution in [0.3, 0.4) is 0 Å². The lowest BCUT2D eigenvalue weighted by atomic mass is 9.65. The first-order chi connectivity index (χ1) is 11.7. The number of hydrogen-bond donors (Lipinski definition) is 1. The summed E-state index contributed by atoms with van der Waals surface area (Å²) < 4.78 is 0. The third kappa shape index (κ3) is 3.37. The SMILES string of the molecule is CCN(CC)c1ccc(NC(=O)[C@@H]2CC[C@@](C)(C(=O)[O-])C2(C)C)cc1. The van der Waals surface area contributed by atoms with Crippen molar-refractivity contribution in [3.63, 3.8) is 0 Å². The van der Waals surface area contributed by atoms with Gasteiger partial charge in [-0.25, -0.2) is 0 Å². The molecule has 5 nitrogen and oxygen atoms in total. The van der Waals surface area contributed by atoms with Gasteiger partial charge in [-0.3, -0.25) is 4.79 Å². The summed E-state index contributed by atoms with van der Waals surface area (Å²) in [5.41, 5.74) is 0.214. The van der Waals surface area contributed by atoms with Gasteiger partial charge >= 0.3 is 0 Å². The number of carboxylic acids is 1. The number of carboxylic acid groups (broad SMARTS) is 1. The first-order valence-electron chi connectivity index (χ1n) is 9.04. The molecule has 0 saturated heterocycles. The molecule has 0 aromatic heterocycles. The highest BCUT2D eigenvalue weighted by molar-refractivity contribution is 5.94. The molecule has 1 aliphatic rings. The van der Waals surface area contributed by atoms with Crippen molar-refractivity contribution < 1.29 is 14.7 Å². The normalized spacial score (nSPS) is 24.8. The van der Waals surface area contributed by atoms with Gasteiger partial charge in [-0.2, -0.15) is 0 Å². The van der Waals surface area contributed by atoms with Crippen LogP contribution in [0.1, 0.15) is 47.5 Å². The van der Waals surface area contributed by atoms with Crippen LogP contribution in [0.2, 0.25) is 0 Å². The molecular weight excluding hydrogens is 316 g/mol. The highest BCUT2D eigenvalue weighted by Crippen LogP contribution is 2.55. The lowest BCUT2D eigenvalue weighted by molar-refractivity contribution is -0.323. The zero-order valence-electron chi connectivity index (χ0n) is 15.9. The Morgan fingerprint density at radius 3 is 2.16 bits per heavy atom. The third-order valence-corrected chi connectivity index (χ3v) is 6.26. The maximum atomic E-state index is 12.7. The van der Waals surface area contributed by atoms with E-state index in [2.05, 4.69) is 24.1 Å². The summed E-state index contributed by atoms with van der Waals surface area (Å²) in [5.74, 6) is -1.54. The Balaban J connectivity index is 2.11. The molecule has 1 aromatic rings. The van der Waals surface area contributed by atoms with E-state index in [0.717, 1.165) is 24.5 Å². The van der Waals surface area contributed by atoms with Gasteiger partial charge < -0.3 is 20.1 Å². The van der Waals surface area contributed by atoms with Crippen LogP contribution >= 0.6 is 0 Å². The summed E-state index contributed by atoms with van der Waals surface area (Å²) in [6.07, 6.45) is 1.02. The number of benzene rings is 1. The average Bonchev–Trinajstić information content (AvgIpc) is 2.81. The van der Waals surface area contributed by atoms with E-state index in [1.54, 1.807) is 6.92 Å². The second-order valence-electron chi connectivity index (χ2n) is 7.64. The smallest absolute Gasteiger partial charge is 0.228 e. The molecule has 1 N–H and O–H groups in total. The zero-order chi connectivity index (χ0) is 18.8. The van der Waals surface area contributed by atoms with Gasteiger partial charge in [0.25, 0.3) is 0 Å². The molecule has 0 spiro atoms. The molecule has 0 unspecified atom stereocenters. The molecule has 1 aromatic carbocycles. The van der Waals surface area contributed by atoms with Crippen molar-refractivity contribution in [2.24, 2.45) is 16.7 Å². The maximum Gasteiger partial charge on any atom is 0.228 e. The number of anilines is 2. The van der Waals surface area contributed by atoms with Crippen molar-refractivity contribution in [2.45, 2.75) is 47.5 Å². The fourth-order valence-corrected chi connectivity index (χ4v) is 3.90. The number of carbonyl (C=O) groups excluding carboxylic acids is 2. The van der Waals surface area contributed by atoms with Gasteiger partial charge in [-0.15, -0.1) is 0 Å². The molecule has 1 fully saturated rings. The van der Waals surface area contributed by atoms with Crippen LogP contribution in [0.5, 0.6) is 0 Å². The van der Waals surface area contributed by atoms with Crippen molar-refractivity contribution in [3.8, 4) is 0 Å². The van der Waals surface area contributed by atoms with Gasteiger partial charge in [-0.1, -0.05) is 20.8 Å². The molecule has 1 saturated carbocycles. The van der Waals surface area contributed by atoms with Crippen molar-refractivity contribution in [2.75, 3.05) is 23.3 Å². The second kappa shape index (κ2) is 7.06. The minimum Gasteiger partial charge on any atom is -0.550 e. The lowest BCUT2D eigenvalue weighted by Crippen LogP contribution is -2.49. The zero-order valence-corrected chi connectivity index (χ0v) is 15.9. The Kier molecular flexibility index (Phi) is 5.45. The summed E-state index contributed by atoms with van der Waals surface area (Å²) in [6, 6.07) is 7.78. The Morgan fingerprint density at radius 2 is 1.72 bits per heavy atom. The standard InChI is InChI=1S/C20H30N2O3/c1-6-22(7-2)15-10-8-14(9-11-15)21-17(23)16-12-13-20(5,18(24)25)19(16,3)4/h8-11,16H,6-7,12-13H2,1-5H3,(H,21,23)(H,24,25)/p-1/t16-,20-/m0/s1. The van der Waals surface area contributed by atoms with Crippen molar-refractivity contribution in [1.82, 2.24) is 0 Å². The van der Waals surface area contributed by atoms with Crippen LogP contribution in [-0.4, -0.2) is 25.0 Å². The quantitative estimate of drug-likeness (QED) is 0.860. The van der Waals surface area contributed by atoms with Gasteiger partial charge in [0, 0.05) is 41.8 Å². The molecular formula is C20H29N2O3-. The van der Waals surface area contributed by atoms with Gasteiger partial charge in [0.1, 0.15) is 0 Å². The van der Waals surface area contributed by atoms with Crippen LogP contribution in [0.4, 0.5) is 11.4 Å². The highest BCUT2D eigenvalue weighted by Gasteiger charge is 2.54. The van der Waals surface area contributed by atoms with Gasteiger partial charge in [-0.05, 0) is 56.4 Å². The number of nitrogens with one attached hydrogen (secondary N) is 1. The van der Waals surface area contributed by atoms with E-state index in [1.165, 1.54) is 0 Å². The average molecular weight is 345 g/mol. The summed E-state index contributed by atoms with van der Waals surface area (Å²) >= 11 is 0. The molecule has 5 heteroatoms. The number of carbonyl (C=O) groups is 2. The van der Waals surface area contributed by atoms with Crippen LogP contribution in [0, 0.1) is 16.7 Å². The van der Waals surface area contributed by atoms with E-state index in [1.807, 2.05) is 38.1 Å². The monoisotopic (exact) mass is 345 g/mol. The van der Waals surface area contributed by atoms with Gasteiger partial charge in [0.05, 0.1) is 0 Å². The van der Waals surface area contributed by atoms with E-state index < -0.39 is 16.8 Å². The molecule has 0 bridgehead atoms. The maximum absolute atomic E-state index is 12.7. The first-order valence-corrected chi connectivity index (χ1v) is 9.04. The predicted octanol–water partition coefficient (Wildman–Crippen LogP) is 2.66. The lowest BCUT2D eigenvalue weighted by Gasteiger charge is -2.41. The van der Waals surface area contributed by atoms with Crippen molar-refractivity contribution in [3.05, 3.63) is 24.3 Å². The fourth-order valence-electron chi connectivity index (χ4n) is 3.90. The molecule has 1 aliphatic carbocycles. The number of rotatable bonds is 6. The van der Waals surface area contributed by atoms with Gasteiger partial charge in [0.15, 0.2) is 0 Å². The van der Waals surface area contributed by atoms with Crippen LogP contribution in [-0.2, 0) is 9.59 Å². The van der Waals surface area contributed by atoms with E-state index in [9.17, 15) is 14.7 Å². The Hall–Kier alpha value is -2.04. The topological polar surface area (TPSA) is 72.5 Å². The molecule has 1 amide bonds. The summed E-state index contributed by atoms with van der Waals surface area (Å²) in [6.45, 7) is 11.5. The number of nitrogens with zero attached hydrogens (tertiary/aromatic N) is 1. The Morgan fingerprint density at radius 1 is 1.16 bits per heavy atom. The first kappa shape index (κ1) is 19.3. The van der Waals surface area contributed by atoms with Gasteiger partial charge in [0.2, 0.25) is 5.91 Å². The number of amides is 1. The summed E-state index contributed by atoms with van der Waals surface area (Å²) in [7, 11) is 0. The number of aliphatic carboxylic acids is 1. The van der Waals surface area contributed by atoms with E-state index in [4.69, 9.17) is 0 Å². The molecule has 2 rings (SSSR count). The van der Waals surface area contributed by atoms with E-state index >= 15 is 0 Å². The molecule has 0 heterocycles. The van der Waals surface area contributed by atoms with E-state index in [0.29, 0.717) is 12.8 Å². The third-order valence-electron chi connectivity index (χ3n) is 6.26. The van der Waals surface area contributed by atoms with Crippen molar-refractivity contribution >= 4 is 23.3 Å². The van der Waals surface area contributed by atoms with Crippen LogP contribution in [0.15, 0.2) is 24.3 Å². The minimum atomic E-state index is -1.07. The molecule has 0 aliphatic heterocycles. The molecule has 0 radical (unpaired) electrons. The Bertz CT molecular complexity index is 635. The summed E-state index contributed by atoms with van der Waals surface area (Å²) in [5, 5.41) is 14.5. The fraction of sp³-hybridized carbons (Fsp3) is 0.600. The largest absolute Gasteiger partial charge is 0.550 e. The Labute approximate surface area is 150 Å². The van der Waals surface area contributed by atoms with Crippen LogP contribution < -0.4 is 15.3 Å². The summed E-state index contributed by atoms with van der Waals surface area (Å²) in [4.78, 5) is 26.5. The van der Waals surface area contributed by atoms with Crippen LogP contribution in [0.25, 0.3) is 0 Å².